The van der Waals surface area contributed by atoms with Gasteiger partial charge < -0.3 is 19.8 Å². The molecule has 3 aromatic rings. The van der Waals surface area contributed by atoms with Gasteiger partial charge in [-0.05, 0) is 30.7 Å². The van der Waals surface area contributed by atoms with Crippen molar-refractivity contribution in [3.8, 4) is 5.75 Å². The van der Waals surface area contributed by atoms with Crippen LogP contribution in [0.5, 0.6) is 5.75 Å². The predicted octanol–water partition coefficient (Wildman–Crippen LogP) is 2.96. The Balaban J connectivity index is 1.53. The van der Waals surface area contributed by atoms with Gasteiger partial charge in [0.05, 0.1) is 7.11 Å². The van der Waals surface area contributed by atoms with Crippen LogP contribution >= 0.6 is 0 Å². The zero-order valence-corrected chi connectivity index (χ0v) is 14.7. The maximum Gasteiger partial charge on any atom is 0.355 e. The molecule has 0 aliphatic heterocycles. The molecule has 0 saturated carbocycles. The van der Waals surface area contributed by atoms with Gasteiger partial charge in [0, 0.05) is 23.5 Å². The smallest absolute Gasteiger partial charge is 0.355 e. The van der Waals surface area contributed by atoms with Crippen molar-refractivity contribution in [2.75, 3.05) is 13.7 Å². The van der Waals surface area contributed by atoms with E-state index in [1.807, 2.05) is 43.3 Å². The van der Waals surface area contributed by atoms with Crippen molar-refractivity contribution in [3.05, 3.63) is 65.4 Å². The minimum atomic E-state index is -0.578. The van der Waals surface area contributed by atoms with E-state index < -0.39 is 5.97 Å². The zero-order valence-electron chi connectivity index (χ0n) is 14.7. The number of esters is 1. The van der Waals surface area contributed by atoms with Gasteiger partial charge in [-0.25, -0.2) is 4.79 Å². The molecule has 3 rings (SSSR count). The number of benzene rings is 2. The van der Waals surface area contributed by atoms with Gasteiger partial charge in [-0.2, -0.15) is 0 Å². The quantitative estimate of drug-likeness (QED) is 0.669. The van der Waals surface area contributed by atoms with Gasteiger partial charge in [0.2, 0.25) is 0 Å². The van der Waals surface area contributed by atoms with Crippen LogP contribution in [0.1, 0.15) is 21.6 Å². The van der Waals surface area contributed by atoms with E-state index in [0.717, 1.165) is 22.0 Å². The number of rotatable bonds is 6. The second-order valence-corrected chi connectivity index (χ2v) is 5.97. The lowest BCUT2D eigenvalue weighted by Gasteiger charge is -2.06. The molecule has 1 heterocycles. The number of aromatic amines is 1. The summed E-state index contributed by atoms with van der Waals surface area (Å²) in [6.45, 7) is 2.06. The molecule has 2 N–H and O–H groups in total. The molecule has 2 aromatic carbocycles. The fraction of sp³-hybridized carbons (Fsp3) is 0.200. The van der Waals surface area contributed by atoms with Crippen LogP contribution in [0.4, 0.5) is 0 Å². The van der Waals surface area contributed by atoms with Crippen molar-refractivity contribution in [2.24, 2.45) is 0 Å². The number of aryl methyl sites for hydroxylation is 1. The number of aromatic nitrogens is 1. The lowest BCUT2D eigenvalue weighted by atomic mass is 10.1. The lowest BCUT2D eigenvalue weighted by Crippen LogP contribution is -2.28. The number of amides is 1. The Bertz CT molecular complexity index is 929. The minimum Gasteiger partial charge on any atom is -0.497 e. The molecule has 0 atom stereocenters. The number of hydrogen-bond acceptors (Lipinski definition) is 4. The third-order valence-corrected chi connectivity index (χ3v) is 3.99. The van der Waals surface area contributed by atoms with Gasteiger partial charge in [-0.3, -0.25) is 4.79 Å². The number of methoxy groups -OCH3 is 1. The average Bonchev–Trinajstić information content (AvgIpc) is 3.08. The van der Waals surface area contributed by atoms with Crippen LogP contribution in [0, 0.1) is 6.92 Å². The van der Waals surface area contributed by atoms with Crippen molar-refractivity contribution in [3.63, 3.8) is 0 Å². The summed E-state index contributed by atoms with van der Waals surface area (Å²) in [7, 11) is 1.58. The van der Waals surface area contributed by atoms with Gasteiger partial charge >= 0.3 is 5.97 Å². The van der Waals surface area contributed by atoms with Crippen LogP contribution < -0.4 is 10.1 Å². The Labute approximate surface area is 151 Å². The Kier molecular flexibility index (Phi) is 5.22. The third-order valence-electron chi connectivity index (χ3n) is 3.99. The van der Waals surface area contributed by atoms with Gasteiger partial charge in [0.1, 0.15) is 11.4 Å². The van der Waals surface area contributed by atoms with Crippen LogP contribution in [0.25, 0.3) is 10.9 Å². The second kappa shape index (κ2) is 7.74. The molecule has 134 valence electrons. The highest BCUT2D eigenvalue weighted by Crippen LogP contribution is 2.21. The van der Waals surface area contributed by atoms with E-state index in [1.165, 1.54) is 0 Å². The largest absolute Gasteiger partial charge is 0.497 e. The van der Waals surface area contributed by atoms with Gasteiger partial charge in [-0.15, -0.1) is 0 Å². The fourth-order valence-corrected chi connectivity index (χ4v) is 2.51. The van der Waals surface area contributed by atoms with Gasteiger partial charge in [-0.1, -0.05) is 29.8 Å². The summed E-state index contributed by atoms with van der Waals surface area (Å²) >= 11 is 0. The molecule has 0 fully saturated rings. The van der Waals surface area contributed by atoms with Crippen LogP contribution in [-0.4, -0.2) is 30.6 Å². The van der Waals surface area contributed by atoms with E-state index in [0.29, 0.717) is 18.0 Å². The first-order chi connectivity index (χ1) is 12.5. The topological polar surface area (TPSA) is 80.4 Å². The number of H-pyrrole nitrogens is 1. The molecule has 0 spiro atoms. The second-order valence-electron chi connectivity index (χ2n) is 5.97. The first kappa shape index (κ1) is 17.5. The standard InChI is InChI=1S/C20H20N2O4/c1-13-3-5-14(6-4-13)11-21-19(23)12-26-20(24)18-9-15-7-8-16(25-2)10-17(15)22-18/h3-10,22H,11-12H2,1-2H3,(H,21,23). The van der Waals surface area contributed by atoms with Gasteiger partial charge in [0.15, 0.2) is 6.61 Å². The van der Waals surface area contributed by atoms with E-state index in [4.69, 9.17) is 9.47 Å². The molecular weight excluding hydrogens is 332 g/mol. The normalized spacial score (nSPS) is 10.5. The third kappa shape index (κ3) is 4.22. The number of ether oxygens (including phenoxy) is 2. The predicted molar refractivity (Wildman–Crippen MR) is 98.2 cm³/mol. The Morgan fingerprint density at radius 2 is 1.85 bits per heavy atom. The summed E-state index contributed by atoms with van der Waals surface area (Å²) in [5.41, 5.74) is 3.20. The lowest BCUT2D eigenvalue weighted by molar-refractivity contribution is -0.124. The minimum absolute atomic E-state index is 0.291. The molecular formula is C20H20N2O4. The molecule has 0 bridgehead atoms. The summed E-state index contributed by atoms with van der Waals surface area (Å²) in [6, 6.07) is 15.0. The molecule has 1 amide bonds. The summed E-state index contributed by atoms with van der Waals surface area (Å²) in [4.78, 5) is 27.0. The van der Waals surface area contributed by atoms with Crippen molar-refractivity contribution < 1.29 is 19.1 Å². The first-order valence-corrected chi connectivity index (χ1v) is 8.21. The van der Waals surface area contributed by atoms with Crippen LogP contribution in [0.3, 0.4) is 0 Å². The zero-order chi connectivity index (χ0) is 18.5. The highest BCUT2D eigenvalue weighted by Gasteiger charge is 2.13. The molecule has 26 heavy (non-hydrogen) atoms. The summed E-state index contributed by atoms with van der Waals surface area (Å²) in [6.07, 6.45) is 0. The fourth-order valence-electron chi connectivity index (χ4n) is 2.51. The highest BCUT2D eigenvalue weighted by atomic mass is 16.5. The maximum atomic E-state index is 12.1. The van der Waals surface area contributed by atoms with Crippen molar-refractivity contribution in [2.45, 2.75) is 13.5 Å². The average molecular weight is 352 g/mol. The number of carbonyl (C=O) groups excluding carboxylic acids is 2. The molecule has 0 unspecified atom stereocenters. The Hall–Kier alpha value is -3.28. The molecule has 0 aliphatic carbocycles. The van der Waals surface area contributed by atoms with E-state index in [2.05, 4.69) is 10.3 Å². The maximum absolute atomic E-state index is 12.1. The first-order valence-electron chi connectivity index (χ1n) is 8.21. The molecule has 0 saturated heterocycles. The number of fused-ring (bicyclic) bond motifs is 1. The van der Waals surface area contributed by atoms with Crippen molar-refractivity contribution in [1.82, 2.24) is 10.3 Å². The molecule has 0 radical (unpaired) electrons. The summed E-state index contributed by atoms with van der Waals surface area (Å²) < 4.78 is 10.2. The van der Waals surface area contributed by atoms with Crippen molar-refractivity contribution in [1.29, 1.82) is 0 Å². The number of nitrogens with one attached hydrogen (secondary N) is 2. The molecule has 6 nitrogen and oxygen atoms in total. The van der Waals surface area contributed by atoms with E-state index in [9.17, 15) is 9.59 Å². The Morgan fingerprint density at radius 3 is 2.58 bits per heavy atom. The van der Waals surface area contributed by atoms with Crippen LogP contribution in [-0.2, 0) is 16.1 Å². The SMILES string of the molecule is COc1ccc2cc(C(=O)OCC(=O)NCc3ccc(C)cc3)[nH]c2c1. The summed E-state index contributed by atoms with van der Waals surface area (Å²) in [5.74, 6) is -0.239. The van der Waals surface area contributed by atoms with Crippen LogP contribution in [0.15, 0.2) is 48.5 Å². The van der Waals surface area contributed by atoms with Crippen molar-refractivity contribution >= 4 is 22.8 Å². The van der Waals surface area contributed by atoms with E-state index in [1.54, 1.807) is 19.2 Å². The Morgan fingerprint density at radius 1 is 1.08 bits per heavy atom. The molecule has 0 aliphatic rings. The monoisotopic (exact) mass is 352 g/mol. The van der Waals surface area contributed by atoms with E-state index in [-0.39, 0.29) is 12.5 Å². The van der Waals surface area contributed by atoms with Gasteiger partial charge in [0.25, 0.3) is 5.91 Å². The molecule has 1 aromatic heterocycles. The highest BCUT2D eigenvalue weighted by molar-refractivity contribution is 5.96. The van der Waals surface area contributed by atoms with Crippen LogP contribution in [0.2, 0.25) is 0 Å². The summed E-state index contributed by atoms with van der Waals surface area (Å²) in [5, 5.41) is 3.59. The molecule has 6 heteroatoms. The number of carbonyl (C=O) groups is 2. The number of hydrogen-bond donors (Lipinski definition) is 2. The van der Waals surface area contributed by atoms with E-state index >= 15 is 0 Å².